The van der Waals surface area contributed by atoms with E-state index in [9.17, 15) is 9.59 Å². The van der Waals surface area contributed by atoms with E-state index >= 15 is 0 Å². The minimum absolute atomic E-state index is 0.114. The van der Waals surface area contributed by atoms with Crippen molar-refractivity contribution >= 4 is 5.91 Å². The van der Waals surface area contributed by atoms with Gasteiger partial charge in [-0.05, 0) is 24.8 Å². The molecule has 0 atom stereocenters. The van der Waals surface area contributed by atoms with Crippen LogP contribution in [-0.2, 0) is 0 Å². The third-order valence-electron chi connectivity index (χ3n) is 3.17. The third kappa shape index (κ3) is 2.74. The maximum atomic E-state index is 12.0. The Hall–Kier alpha value is -1.62. The fourth-order valence-electron chi connectivity index (χ4n) is 2.20. The molecule has 0 unspecified atom stereocenters. The zero-order chi connectivity index (χ0) is 12.4. The lowest BCUT2D eigenvalue weighted by Gasteiger charge is -2.35. The highest BCUT2D eigenvalue weighted by atomic mass is 16.2. The normalized spacial score (nSPS) is 22.9. The summed E-state index contributed by atoms with van der Waals surface area (Å²) in [5, 5.41) is 0. The number of aromatic nitrogens is 1. The van der Waals surface area contributed by atoms with Crippen LogP contribution in [0.3, 0.4) is 0 Å². The maximum absolute atomic E-state index is 12.0. The van der Waals surface area contributed by atoms with E-state index in [-0.39, 0.29) is 11.5 Å². The van der Waals surface area contributed by atoms with E-state index in [1.54, 1.807) is 18.0 Å². The molecule has 0 aliphatic heterocycles. The van der Waals surface area contributed by atoms with Gasteiger partial charge in [0.25, 0.3) is 5.91 Å². The second-order valence-corrected chi connectivity index (χ2v) is 4.72. The number of hydrogen-bond acceptors (Lipinski definition) is 3. The smallest absolute Gasteiger partial charge is 0.253 e. The fraction of sp³-hybridized carbons (Fsp3) is 0.500. The van der Waals surface area contributed by atoms with Crippen LogP contribution in [0.2, 0.25) is 0 Å². The van der Waals surface area contributed by atoms with Gasteiger partial charge in [-0.3, -0.25) is 9.59 Å². The summed E-state index contributed by atoms with van der Waals surface area (Å²) < 4.78 is 0. The Morgan fingerprint density at radius 3 is 2.88 bits per heavy atom. The summed E-state index contributed by atoms with van der Waals surface area (Å²) in [5.74, 6) is 0.387. The Morgan fingerprint density at radius 1 is 1.59 bits per heavy atom. The van der Waals surface area contributed by atoms with E-state index in [0.29, 0.717) is 24.1 Å². The number of H-pyrrole nitrogens is 1. The number of nitrogens with one attached hydrogen (secondary N) is 1. The van der Waals surface area contributed by atoms with Gasteiger partial charge in [-0.15, -0.1) is 0 Å². The zero-order valence-electron chi connectivity index (χ0n) is 9.85. The van der Waals surface area contributed by atoms with Gasteiger partial charge in [0.05, 0.1) is 0 Å². The summed E-state index contributed by atoms with van der Waals surface area (Å²) in [5.41, 5.74) is 5.88. The SMILES string of the molecule is CN(CC1CC(N)C1)C(=O)c1cc[nH]c(=O)c1. The largest absolute Gasteiger partial charge is 0.341 e. The molecular weight excluding hydrogens is 218 g/mol. The van der Waals surface area contributed by atoms with E-state index in [1.807, 2.05) is 0 Å². The van der Waals surface area contributed by atoms with E-state index in [1.165, 1.54) is 12.3 Å². The molecule has 92 valence electrons. The lowest BCUT2D eigenvalue weighted by Crippen LogP contribution is -2.43. The average molecular weight is 235 g/mol. The number of nitrogens with zero attached hydrogens (tertiary/aromatic N) is 1. The predicted octanol–water partition coefficient (Wildman–Crippen LogP) is 0.184. The minimum Gasteiger partial charge on any atom is -0.341 e. The first-order valence-corrected chi connectivity index (χ1v) is 5.76. The number of nitrogens with two attached hydrogens (primary N) is 1. The molecule has 1 heterocycles. The monoisotopic (exact) mass is 235 g/mol. The van der Waals surface area contributed by atoms with Gasteiger partial charge < -0.3 is 15.6 Å². The van der Waals surface area contributed by atoms with Gasteiger partial charge in [-0.25, -0.2) is 0 Å². The standard InChI is InChI=1S/C12H17N3O2/c1-15(7-8-4-10(13)5-8)12(17)9-2-3-14-11(16)6-9/h2-3,6,8,10H,4-5,7,13H2,1H3,(H,14,16). The molecule has 1 amide bonds. The first-order valence-electron chi connectivity index (χ1n) is 5.76. The van der Waals surface area contributed by atoms with Gasteiger partial charge in [0.15, 0.2) is 0 Å². The van der Waals surface area contributed by atoms with Crippen LogP contribution in [0.5, 0.6) is 0 Å². The Bertz CT molecular complexity index is 463. The van der Waals surface area contributed by atoms with E-state index < -0.39 is 0 Å². The van der Waals surface area contributed by atoms with Crippen LogP contribution in [0, 0.1) is 5.92 Å². The number of amides is 1. The van der Waals surface area contributed by atoms with Crippen LogP contribution in [0.15, 0.2) is 23.1 Å². The summed E-state index contributed by atoms with van der Waals surface area (Å²) in [6, 6.07) is 3.24. The Balaban J connectivity index is 1.97. The van der Waals surface area contributed by atoms with E-state index in [2.05, 4.69) is 4.98 Å². The minimum atomic E-state index is -0.255. The Morgan fingerprint density at radius 2 is 2.29 bits per heavy atom. The molecule has 1 aromatic rings. The molecule has 5 heteroatoms. The molecule has 5 nitrogen and oxygen atoms in total. The summed E-state index contributed by atoms with van der Waals surface area (Å²) in [6.45, 7) is 0.708. The molecule has 1 fully saturated rings. The maximum Gasteiger partial charge on any atom is 0.253 e. The lowest BCUT2D eigenvalue weighted by molar-refractivity contribution is 0.0734. The van der Waals surface area contributed by atoms with Gasteiger partial charge in [-0.2, -0.15) is 0 Å². The van der Waals surface area contributed by atoms with Crippen molar-refractivity contribution in [1.29, 1.82) is 0 Å². The van der Waals surface area contributed by atoms with Crippen molar-refractivity contribution in [2.75, 3.05) is 13.6 Å². The molecule has 17 heavy (non-hydrogen) atoms. The van der Waals surface area contributed by atoms with Crippen molar-refractivity contribution in [1.82, 2.24) is 9.88 Å². The van der Waals surface area contributed by atoms with Crippen molar-refractivity contribution in [3.63, 3.8) is 0 Å². The molecule has 1 aromatic heterocycles. The van der Waals surface area contributed by atoms with Gasteiger partial charge in [-0.1, -0.05) is 0 Å². The van der Waals surface area contributed by atoms with Crippen LogP contribution >= 0.6 is 0 Å². The van der Waals surface area contributed by atoms with Crippen LogP contribution in [0.1, 0.15) is 23.2 Å². The number of rotatable bonds is 3. The first-order chi connectivity index (χ1) is 8.06. The molecule has 0 aromatic carbocycles. The second kappa shape index (κ2) is 4.71. The van der Waals surface area contributed by atoms with Crippen molar-refractivity contribution < 1.29 is 4.79 Å². The van der Waals surface area contributed by atoms with E-state index in [4.69, 9.17) is 5.73 Å². The summed E-state index contributed by atoms with van der Waals surface area (Å²) in [4.78, 5) is 27.3. The Kier molecular flexibility index (Phi) is 3.28. The average Bonchev–Trinajstić information content (AvgIpc) is 2.26. The predicted molar refractivity (Wildman–Crippen MR) is 64.7 cm³/mol. The van der Waals surface area contributed by atoms with Crippen LogP contribution in [-0.4, -0.2) is 35.4 Å². The van der Waals surface area contributed by atoms with Crippen molar-refractivity contribution in [2.45, 2.75) is 18.9 Å². The Labute approximate surface area is 99.6 Å². The molecule has 0 bridgehead atoms. The second-order valence-electron chi connectivity index (χ2n) is 4.72. The molecule has 1 aliphatic rings. The summed E-state index contributed by atoms with van der Waals surface area (Å²) in [7, 11) is 1.76. The lowest BCUT2D eigenvalue weighted by atomic mass is 9.80. The number of carbonyl (C=O) groups excluding carboxylic acids is 1. The summed E-state index contributed by atoms with van der Waals surface area (Å²) >= 11 is 0. The van der Waals surface area contributed by atoms with Gasteiger partial charge >= 0.3 is 0 Å². The molecule has 0 radical (unpaired) electrons. The topological polar surface area (TPSA) is 79.2 Å². The highest BCUT2D eigenvalue weighted by Gasteiger charge is 2.28. The molecule has 0 spiro atoms. The van der Waals surface area contributed by atoms with Crippen molar-refractivity contribution in [2.24, 2.45) is 11.7 Å². The molecule has 3 N–H and O–H groups in total. The van der Waals surface area contributed by atoms with Crippen LogP contribution in [0.25, 0.3) is 0 Å². The summed E-state index contributed by atoms with van der Waals surface area (Å²) in [6.07, 6.45) is 3.45. The van der Waals surface area contributed by atoms with Gasteiger partial charge in [0, 0.05) is 37.5 Å². The highest BCUT2D eigenvalue weighted by molar-refractivity contribution is 5.93. The van der Waals surface area contributed by atoms with E-state index in [0.717, 1.165) is 12.8 Å². The van der Waals surface area contributed by atoms with Crippen molar-refractivity contribution in [3.8, 4) is 0 Å². The van der Waals surface area contributed by atoms with Gasteiger partial charge in [0.1, 0.15) is 0 Å². The fourth-order valence-corrected chi connectivity index (χ4v) is 2.20. The molecule has 1 aliphatic carbocycles. The quantitative estimate of drug-likeness (QED) is 0.784. The number of hydrogen-bond donors (Lipinski definition) is 2. The molecule has 2 rings (SSSR count). The first kappa shape index (κ1) is 11.9. The third-order valence-corrected chi connectivity index (χ3v) is 3.17. The number of aromatic amines is 1. The van der Waals surface area contributed by atoms with Gasteiger partial charge in [0.2, 0.25) is 5.56 Å². The highest BCUT2D eigenvalue weighted by Crippen LogP contribution is 2.26. The molecular formula is C12H17N3O2. The molecule has 0 saturated heterocycles. The zero-order valence-corrected chi connectivity index (χ0v) is 9.85. The van der Waals surface area contributed by atoms with Crippen LogP contribution < -0.4 is 11.3 Å². The van der Waals surface area contributed by atoms with Crippen LogP contribution in [0.4, 0.5) is 0 Å². The number of pyridine rings is 1. The van der Waals surface area contributed by atoms with Crippen molar-refractivity contribution in [3.05, 3.63) is 34.2 Å². The number of carbonyl (C=O) groups is 1. The molecule has 1 saturated carbocycles.